The quantitative estimate of drug-likeness (QED) is 0.830. The molecule has 1 aliphatic heterocycles. The Morgan fingerprint density at radius 1 is 1.41 bits per heavy atom. The zero-order chi connectivity index (χ0) is 18.8. The van der Waals surface area contributed by atoms with Crippen molar-refractivity contribution in [1.29, 1.82) is 0 Å². The van der Waals surface area contributed by atoms with E-state index in [0.717, 1.165) is 31.5 Å². The van der Waals surface area contributed by atoms with Crippen LogP contribution in [-0.4, -0.2) is 40.3 Å². The highest BCUT2D eigenvalue weighted by atomic mass is 35.5. The maximum absolute atomic E-state index is 13.2. The SMILES string of the molecule is O=C(Nc1ccc(F)c(Cl)c1)N1CCCC(OCc2nc(C3CC3)no2)C1. The number of anilines is 1. The minimum atomic E-state index is -0.521. The molecule has 0 bridgehead atoms. The molecule has 2 fully saturated rings. The molecule has 144 valence electrons. The van der Waals surface area contributed by atoms with Crippen LogP contribution in [0.25, 0.3) is 0 Å². The predicted molar refractivity (Wildman–Crippen MR) is 96.1 cm³/mol. The van der Waals surface area contributed by atoms with Gasteiger partial charge >= 0.3 is 6.03 Å². The number of halogens is 2. The van der Waals surface area contributed by atoms with Gasteiger partial charge in [0.05, 0.1) is 11.1 Å². The first-order valence-corrected chi connectivity index (χ1v) is 9.41. The number of carbonyl (C=O) groups is 1. The maximum Gasteiger partial charge on any atom is 0.321 e. The van der Waals surface area contributed by atoms with E-state index < -0.39 is 5.82 Å². The van der Waals surface area contributed by atoms with Crippen molar-refractivity contribution in [1.82, 2.24) is 15.0 Å². The van der Waals surface area contributed by atoms with Crippen LogP contribution < -0.4 is 5.32 Å². The third kappa shape index (κ3) is 4.56. The van der Waals surface area contributed by atoms with Crippen molar-refractivity contribution in [2.75, 3.05) is 18.4 Å². The van der Waals surface area contributed by atoms with Crippen molar-refractivity contribution in [3.05, 3.63) is 40.8 Å². The highest BCUT2D eigenvalue weighted by Gasteiger charge is 2.29. The van der Waals surface area contributed by atoms with Crippen LogP contribution >= 0.6 is 11.6 Å². The van der Waals surface area contributed by atoms with Gasteiger partial charge in [-0.1, -0.05) is 16.8 Å². The predicted octanol–water partition coefficient (Wildman–Crippen LogP) is 3.95. The fourth-order valence-corrected chi connectivity index (χ4v) is 3.24. The van der Waals surface area contributed by atoms with E-state index in [1.807, 2.05) is 0 Å². The molecular weight excluding hydrogens is 375 g/mol. The van der Waals surface area contributed by atoms with E-state index >= 15 is 0 Å². The lowest BCUT2D eigenvalue weighted by Gasteiger charge is -2.32. The van der Waals surface area contributed by atoms with Crippen molar-refractivity contribution in [2.45, 2.75) is 44.3 Å². The van der Waals surface area contributed by atoms with E-state index in [2.05, 4.69) is 15.5 Å². The number of hydrogen-bond acceptors (Lipinski definition) is 5. The number of carbonyl (C=O) groups excluding carboxylic acids is 1. The molecule has 2 heterocycles. The number of aromatic nitrogens is 2. The number of piperidine rings is 1. The molecule has 2 amide bonds. The summed E-state index contributed by atoms with van der Waals surface area (Å²) in [6.07, 6.45) is 3.82. The van der Waals surface area contributed by atoms with E-state index in [9.17, 15) is 9.18 Å². The van der Waals surface area contributed by atoms with E-state index in [4.69, 9.17) is 20.9 Å². The van der Waals surface area contributed by atoms with Gasteiger partial charge in [-0.15, -0.1) is 0 Å². The molecule has 1 saturated carbocycles. The number of likely N-dealkylation sites (tertiary alicyclic amines) is 1. The number of hydrogen-bond donors (Lipinski definition) is 1. The second-order valence-electron chi connectivity index (χ2n) is 6.90. The third-order valence-electron chi connectivity index (χ3n) is 4.71. The number of nitrogens with zero attached hydrogens (tertiary/aromatic N) is 3. The van der Waals surface area contributed by atoms with Gasteiger partial charge in [0.2, 0.25) is 0 Å². The summed E-state index contributed by atoms with van der Waals surface area (Å²) < 4.78 is 24.3. The second kappa shape index (κ2) is 7.82. The van der Waals surface area contributed by atoms with Gasteiger partial charge in [0.1, 0.15) is 12.4 Å². The Labute approximate surface area is 160 Å². The summed E-state index contributed by atoms with van der Waals surface area (Å²) in [5, 5.41) is 6.67. The van der Waals surface area contributed by atoms with Crippen LogP contribution in [0.1, 0.15) is 43.3 Å². The van der Waals surface area contributed by atoms with Crippen LogP contribution in [0.2, 0.25) is 5.02 Å². The summed E-state index contributed by atoms with van der Waals surface area (Å²) in [6, 6.07) is 3.82. The molecule has 2 aliphatic rings. The van der Waals surface area contributed by atoms with Crippen LogP contribution in [0.3, 0.4) is 0 Å². The van der Waals surface area contributed by atoms with Crippen LogP contribution in [0.15, 0.2) is 22.7 Å². The van der Waals surface area contributed by atoms with Crippen molar-refractivity contribution in [2.24, 2.45) is 0 Å². The van der Waals surface area contributed by atoms with Crippen LogP contribution in [0, 0.1) is 5.82 Å². The molecule has 1 aromatic carbocycles. The lowest BCUT2D eigenvalue weighted by Crippen LogP contribution is -2.45. The smallest absolute Gasteiger partial charge is 0.321 e. The number of ether oxygens (including phenoxy) is 1. The molecule has 1 aromatic heterocycles. The van der Waals surface area contributed by atoms with Crippen LogP contribution in [0.5, 0.6) is 0 Å². The van der Waals surface area contributed by atoms with Crippen molar-refractivity contribution in [3.63, 3.8) is 0 Å². The van der Waals surface area contributed by atoms with Gasteiger partial charge in [-0.05, 0) is 43.9 Å². The van der Waals surface area contributed by atoms with Crippen LogP contribution in [0.4, 0.5) is 14.9 Å². The topological polar surface area (TPSA) is 80.5 Å². The molecule has 9 heteroatoms. The zero-order valence-electron chi connectivity index (χ0n) is 14.7. The fourth-order valence-electron chi connectivity index (χ4n) is 3.06. The van der Waals surface area contributed by atoms with E-state index in [0.29, 0.717) is 30.6 Å². The lowest BCUT2D eigenvalue weighted by atomic mass is 10.1. The normalized spacial score (nSPS) is 19.9. The number of nitrogens with one attached hydrogen (secondary N) is 1. The molecule has 1 saturated heterocycles. The summed E-state index contributed by atoms with van der Waals surface area (Å²) in [5.41, 5.74) is 0.452. The van der Waals surface area contributed by atoms with Gasteiger partial charge in [-0.3, -0.25) is 0 Å². The molecule has 1 unspecified atom stereocenters. The first-order chi connectivity index (χ1) is 13.1. The van der Waals surface area contributed by atoms with E-state index in [1.165, 1.54) is 18.2 Å². The molecule has 27 heavy (non-hydrogen) atoms. The zero-order valence-corrected chi connectivity index (χ0v) is 15.4. The van der Waals surface area contributed by atoms with Crippen molar-refractivity contribution in [3.8, 4) is 0 Å². The van der Waals surface area contributed by atoms with Gasteiger partial charge in [0.15, 0.2) is 5.82 Å². The molecule has 4 rings (SSSR count). The Bertz CT molecular complexity index is 827. The molecule has 0 radical (unpaired) electrons. The summed E-state index contributed by atoms with van der Waals surface area (Å²) in [5.74, 6) is 1.15. The average Bonchev–Trinajstić information content (AvgIpc) is 3.41. The Kier molecular flexibility index (Phi) is 5.27. The first kappa shape index (κ1) is 18.2. The molecule has 2 aromatic rings. The largest absolute Gasteiger partial charge is 0.367 e. The third-order valence-corrected chi connectivity index (χ3v) is 4.99. The second-order valence-corrected chi connectivity index (χ2v) is 7.31. The van der Waals surface area contributed by atoms with E-state index in [1.54, 1.807) is 4.90 Å². The Balaban J connectivity index is 1.28. The molecule has 7 nitrogen and oxygen atoms in total. The number of rotatable bonds is 5. The number of amides is 2. The summed E-state index contributed by atoms with van der Waals surface area (Å²) in [4.78, 5) is 18.5. The Morgan fingerprint density at radius 2 is 2.26 bits per heavy atom. The Hall–Kier alpha value is -2.19. The molecular formula is C18H20ClFN4O3. The van der Waals surface area contributed by atoms with Crippen molar-refractivity contribution < 1.29 is 18.4 Å². The minimum absolute atomic E-state index is 0.0298. The maximum atomic E-state index is 13.2. The number of benzene rings is 1. The standard InChI is InChI=1S/C18H20ClFN4O3/c19-14-8-12(5-6-15(14)20)21-18(25)24-7-1-2-13(9-24)26-10-16-22-17(23-27-16)11-3-4-11/h5-6,8,11,13H,1-4,7,9-10H2,(H,21,25). The van der Waals surface area contributed by atoms with Gasteiger partial charge in [0.25, 0.3) is 5.89 Å². The van der Waals surface area contributed by atoms with E-state index in [-0.39, 0.29) is 23.8 Å². The summed E-state index contributed by atoms with van der Waals surface area (Å²) in [7, 11) is 0. The van der Waals surface area contributed by atoms with Crippen molar-refractivity contribution >= 4 is 23.3 Å². The number of urea groups is 1. The molecule has 1 N–H and O–H groups in total. The minimum Gasteiger partial charge on any atom is -0.367 e. The highest BCUT2D eigenvalue weighted by Crippen LogP contribution is 2.38. The molecule has 1 aliphatic carbocycles. The highest BCUT2D eigenvalue weighted by molar-refractivity contribution is 6.31. The molecule has 0 spiro atoms. The average molecular weight is 395 g/mol. The fraction of sp³-hybridized carbons (Fsp3) is 0.500. The van der Waals surface area contributed by atoms with Gasteiger partial charge in [0, 0.05) is 24.7 Å². The molecule has 1 atom stereocenters. The lowest BCUT2D eigenvalue weighted by molar-refractivity contribution is -0.00916. The first-order valence-electron chi connectivity index (χ1n) is 9.03. The van der Waals surface area contributed by atoms with Gasteiger partial charge in [-0.25, -0.2) is 9.18 Å². The summed E-state index contributed by atoms with van der Waals surface area (Å²) in [6.45, 7) is 1.34. The monoisotopic (exact) mass is 394 g/mol. The van der Waals surface area contributed by atoms with Gasteiger partial charge < -0.3 is 19.5 Å². The van der Waals surface area contributed by atoms with Crippen LogP contribution in [-0.2, 0) is 11.3 Å². The van der Waals surface area contributed by atoms with Gasteiger partial charge in [-0.2, -0.15) is 4.98 Å². The summed E-state index contributed by atoms with van der Waals surface area (Å²) >= 11 is 5.75. The Morgan fingerprint density at radius 3 is 3.04 bits per heavy atom.